The lowest BCUT2D eigenvalue weighted by molar-refractivity contribution is -0.161. The third kappa shape index (κ3) is 3.07. The molecule has 6 atom stereocenters. The van der Waals surface area contributed by atoms with E-state index in [9.17, 15) is 10.2 Å². The van der Waals surface area contributed by atoms with Gasteiger partial charge in [0, 0.05) is 19.1 Å². The van der Waals surface area contributed by atoms with Crippen LogP contribution in [-0.4, -0.2) is 64.3 Å². The van der Waals surface area contributed by atoms with E-state index in [4.69, 9.17) is 4.74 Å². The molecule has 0 aromatic heterocycles. The van der Waals surface area contributed by atoms with E-state index in [0.717, 1.165) is 5.17 Å². The molecule has 0 bridgehead atoms. The van der Waals surface area contributed by atoms with Crippen molar-refractivity contribution in [3.8, 4) is 0 Å². The standard InChI is InChI=1S/C14H25N3O3S/c1-7(16-8-5-3-4-6-8)12-11(19)10(18)9-13(20-12)21-14(15-2)17-9/h7-13,16,18-19H,3-6H2,1-2H3,(H,15,17)/t7-,9-,10-,11+,12?,13-/m1/s1. The fourth-order valence-electron chi connectivity index (χ4n) is 3.48. The Morgan fingerprint density at radius 2 is 2.00 bits per heavy atom. The van der Waals surface area contributed by atoms with Crippen LogP contribution in [0.15, 0.2) is 4.99 Å². The number of aliphatic hydroxyl groups excluding tert-OH is 2. The molecule has 1 aliphatic carbocycles. The van der Waals surface area contributed by atoms with Gasteiger partial charge in [-0.05, 0) is 19.8 Å². The summed E-state index contributed by atoms with van der Waals surface area (Å²) in [4.78, 5) is 4.37. The first-order chi connectivity index (χ1) is 10.1. The highest BCUT2D eigenvalue weighted by Gasteiger charge is 2.49. The Kier molecular flexibility index (Phi) is 4.75. The molecule has 1 unspecified atom stereocenters. The van der Waals surface area contributed by atoms with Crippen LogP contribution in [0.25, 0.3) is 0 Å². The summed E-state index contributed by atoms with van der Waals surface area (Å²) in [6, 6.07) is 0.131. The summed E-state index contributed by atoms with van der Waals surface area (Å²) >= 11 is 1.48. The molecule has 2 heterocycles. The van der Waals surface area contributed by atoms with E-state index in [0.29, 0.717) is 6.04 Å². The van der Waals surface area contributed by atoms with Crippen molar-refractivity contribution in [2.75, 3.05) is 7.05 Å². The molecule has 6 nitrogen and oxygen atoms in total. The minimum Gasteiger partial charge on any atom is -0.388 e. The van der Waals surface area contributed by atoms with Gasteiger partial charge in [0.1, 0.15) is 29.8 Å². The molecule has 0 amide bonds. The van der Waals surface area contributed by atoms with E-state index in [-0.39, 0.29) is 17.5 Å². The second-order valence-electron chi connectivity index (χ2n) is 6.18. The molecule has 2 aliphatic heterocycles. The minimum absolute atomic E-state index is 0.0120. The Labute approximate surface area is 129 Å². The van der Waals surface area contributed by atoms with Gasteiger partial charge in [0.2, 0.25) is 0 Å². The van der Waals surface area contributed by atoms with Gasteiger partial charge < -0.3 is 25.6 Å². The lowest BCUT2D eigenvalue weighted by Crippen LogP contribution is -2.61. The number of hydrogen-bond acceptors (Lipinski definition) is 7. The number of aliphatic imine (C=N–C) groups is 1. The minimum atomic E-state index is -0.907. The van der Waals surface area contributed by atoms with E-state index < -0.39 is 18.3 Å². The highest BCUT2D eigenvalue weighted by Crippen LogP contribution is 2.36. The monoisotopic (exact) mass is 315 g/mol. The molecule has 21 heavy (non-hydrogen) atoms. The van der Waals surface area contributed by atoms with Crippen LogP contribution in [-0.2, 0) is 4.74 Å². The molecular weight excluding hydrogens is 290 g/mol. The maximum absolute atomic E-state index is 10.4. The molecule has 0 aromatic carbocycles. The molecule has 3 aliphatic rings. The average Bonchev–Trinajstić information content (AvgIpc) is 3.11. The zero-order chi connectivity index (χ0) is 15.0. The Morgan fingerprint density at radius 1 is 1.29 bits per heavy atom. The van der Waals surface area contributed by atoms with E-state index in [1.54, 1.807) is 7.05 Å². The summed E-state index contributed by atoms with van der Waals surface area (Å²) in [7, 11) is 1.80. The van der Waals surface area contributed by atoms with Crippen LogP contribution in [0.4, 0.5) is 0 Å². The lowest BCUT2D eigenvalue weighted by atomic mass is 9.94. The number of nitrogens with one attached hydrogen (secondary N) is 2. The third-order valence-corrected chi connectivity index (χ3v) is 5.82. The number of hydrogen-bond donors (Lipinski definition) is 4. The van der Waals surface area contributed by atoms with Crippen molar-refractivity contribution in [1.82, 2.24) is 10.6 Å². The van der Waals surface area contributed by atoms with Crippen molar-refractivity contribution in [1.29, 1.82) is 0 Å². The van der Waals surface area contributed by atoms with Crippen molar-refractivity contribution in [3.05, 3.63) is 0 Å². The SMILES string of the molecule is CNC1=N[C@@H]2[C@@H](O)[C@H](O)C([C@@H](C)NC3CCCC3)O[C@@H]2S1. The van der Waals surface area contributed by atoms with Crippen LogP contribution in [0, 0.1) is 0 Å². The first kappa shape index (κ1) is 15.6. The summed E-state index contributed by atoms with van der Waals surface area (Å²) in [6.07, 6.45) is 2.71. The molecule has 0 spiro atoms. The predicted octanol–water partition coefficient (Wildman–Crippen LogP) is 0.0446. The molecule has 0 radical (unpaired) electrons. The van der Waals surface area contributed by atoms with E-state index in [2.05, 4.69) is 15.6 Å². The van der Waals surface area contributed by atoms with Crippen LogP contribution in [0.2, 0.25) is 0 Å². The summed E-state index contributed by atoms with van der Waals surface area (Å²) in [5.74, 6) is 0. The van der Waals surface area contributed by atoms with Gasteiger partial charge in [-0.15, -0.1) is 0 Å². The van der Waals surface area contributed by atoms with Gasteiger partial charge in [-0.3, -0.25) is 4.99 Å². The molecule has 1 saturated heterocycles. The number of amidine groups is 1. The Balaban J connectivity index is 1.64. The number of fused-ring (bicyclic) bond motifs is 1. The van der Waals surface area contributed by atoms with E-state index in [1.807, 2.05) is 6.92 Å². The van der Waals surface area contributed by atoms with E-state index in [1.165, 1.54) is 37.4 Å². The number of ether oxygens (including phenoxy) is 1. The van der Waals surface area contributed by atoms with Crippen LogP contribution < -0.4 is 10.6 Å². The zero-order valence-electron chi connectivity index (χ0n) is 12.5. The van der Waals surface area contributed by atoms with Crippen molar-refractivity contribution in [2.45, 2.75) is 74.5 Å². The van der Waals surface area contributed by atoms with Crippen LogP contribution in [0.5, 0.6) is 0 Å². The topological polar surface area (TPSA) is 86.1 Å². The molecule has 1 saturated carbocycles. The zero-order valence-corrected chi connectivity index (χ0v) is 13.3. The molecule has 2 fully saturated rings. The van der Waals surface area contributed by atoms with Crippen molar-refractivity contribution in [2.24, 2.45) is 4.99 Å². The summed E-state index contributed by atoms with van der Waals surface area (Å²) in [5.41, 5.74) is -0.219. The molecular formula is C14H25N3O3S. The quantitative estimate of drug-likeness (QED) is 0.589. The van der Waals surface area contributed by atoms with Crippen LogP contribution in [0.3, 0.4) is 0 Å². The first-order valence-electron chi connectivity index (χ1n) is 7.80. The van der Waals surface area contributed by atoms with Crippen molar-refractivity contribution in [3.63, 3.8) is 0 Å². The molecule has 120 valence electrons. The highest BCUT2D eigenvalue weighted by atomic mass is 32.2. The molecule has 0 aromatic rings. The third-order valence-electron chi connectivity index (χ3n) is 4.66. The second kappa shape index (κ2) is 6.42. The fourth-order valence-corrected chi connectivity index (χ4v) is 4.55. The largest absolute Gasteiger partial charge is 0.388 e. The molecule has 4 N–H and O–H groups in total. The summed E-state index contributed by atoms with van der Waals surface area (Å²) in [6.45, 7) is 2.03. The summed E-state index contributed by atoms with van der Waals surface area (Å²) in [5, 5.41) is 28.0. The fraction of sp³-hybridized carbons (Fsp3) is 0.929. The number of thioether (sulfide) groups is 1. The number of nitrogens with zero attached hydrogens (tertiary/aromatic N) is 1. The van der Waals surface area contributed by atoms with Gasteiger partial charge in [-0.2, -0.15) is 0 Å². The molecule has 7 heteroatoms. The van der Waals surface area contributed by atoms with Crippen LogP contribution >= 0.6 is 11.8 Å². The predicted molar refractivity (Wildman–Crippen MR) is 83.4 cm³/mol. The van der Waals surface area contributed by atoms with Crippen molar-refractivity contribution < 1.29 is 14.9 Å². The Morgan fingerprint density at radius 3 is 2.67 bits per heavy atom. The van der Waals surface area contributed by atoms with Gasteiger partial charge in [0.15, 0.2) is 5.17 Å². The number of aliphatic hydroxyl groups is 2. The second-order valence-corrected chi connectivity index (χ2v) is 7.27. The summed E-state index contributed by atoms with van der Waals surface area (Å²) < 4.78 is 6.03. The Bertz CT molecular complexity index is 403. The van der Waals surface area contributed by atoms with E-state index >= 15 is 0 Å². The number of rotatable bonds is 3. The average molecular weight is 315 g/mol. The van der Waals surface area contributed by atoms with Gasteiger partial charge in [0.25, 0.3) is 0 Å². The first-order valence-corrected chi connectivity index (χ1v) is 8.68. The maximum Gasteiger partial charge on any atom is 0.159 e. The van der Waals surface area contributed by atoms with Crippen molar-refractivity contribution >= 4 is 16.9 Å². The highest BCUT2D eigenvalue weighted by molar-refractivity contribution is 8.14. The molecule has 3 rings (SSSR count). The van der Waals surface area contributed by atoms with Gasteiger partial charge in [0.05, 0.1) is 0 Å². The van der Waals surface area contributed by atoms with Gasteiger partial charge >= 0.3 is 0 Å². The van der Waals surface area contributed by atoms with Gasteiger partial charge in [-0.25, -0.2) is 0 Å². The maximum atomic E-state index is 10.4. The smallest absolute Gasteiger partial charge is 0.159 e. The van der Waals surface area contributed by atoms with Gasteiger partial charge in [-0.1, -0.05) is 24.6 Å². The van der Waals surface area contributed by atoms with Crippen LogP contribution in [0.1, 0.15) is 32.6 Å². The lowest BCUT2D eigenvalue weighted by Gasteiger charge is -2.41. The Hall–Kier alpha value is -0.340. The normalized spacial score (nSPS) is 41.7.